The average molecular weight is 459 g/mol. The Hall–Kier alpha value is -2.34. The van der Waals surface area contributed by atoms with Crippen LogP contribution in [0.15, 0.2) is 51.7 Å². The van der Waals surface area contributed by atoms with Crippen LogP contribution in [-0.2, 0) is 0 Å². The van der Waals surface area contributed by atoms with Gasteiger partial charge in [-0.1, -0.05) is 55.2 Å². The van der Waals surface area contributed by atoms with Gasteiger partial charge >= 0.3 is 0 Å². The highest BCUT2D eigenvalue weighted by atomic mass is 35.5. The van der Waals surface area contributed by atoms with Gasteiger partial charge in [0.05, 0.1) is 27.0 Å². The molecule has 0 aliphatic carbocycles. The summed E-state index contributed by atoms with van der Waals surface area (Å²) in [5, 5.41) is 1.27. The first-order valence-corrected chi connectivity index (χ1v) is 11.3. The second kappa shape index (κ2) is 9.03. The molecule has 0 unspecified atom stereocenters. The van der Waals surface area contributed by atoms with E-state index >= 15 is 0 Å². The molecule has 1 aliphatic rings. The number of hydrogen-bond acceptors (Lipinski definition) is 4. The summed E-state index contributed by atoms with van der Waals surface area (Å²) in [6.07, 6.45) is 0.785. The number of halogens is 2. The number of hydrogen-bond donors (Lipinski definition) is 0. The zero-order chi connectivity index (χ0) is 22.1. The van der Waals surface area contributed by atoms with Gasteiger partial charge in [0, 0.05) is 6.54 Å². The lowest BCUT2D eigenvalue weighted by molar-refractivity contribution is 0.0720. The number of nitrogens with zero attached hydrogens (tertiary/aromatic N) is 2. The summed E-state index contributed by atoms with van der Waals surface area (Å²) in [6.45, 7) is 7.50. The minimum Gasteiger partial charge on any atom is -0.450 e. The molecule has 31 heavy (non-hydrogen) atoms. The molecule has 0 radical (unpaired) electrons. The minimum absolute atomic E-state index is 0.114. The van der Waals surface area contributed by atoms with Crippen LogP contribution in [0.3, 0.4) is 0 Å². The number of carbonyl (C=O) groups is 1. The standard InChI is InChI=1S/C24H24Cl2N2O3/c1-3-27(4-2)12-7-13-28-21(15-10-11-17(25)18(26)14-15)20-22(29)16-8-5-6-9-19(16)31-23(20)24(28)30/h5-6,8-11,14,21H,3-4,7,12-13H2,1-2H3/t21-/m1/s1. The molecule has 3 aromatic rings. The lowest BCUT2D eigenvalue weighted by atomic mass is 9.98. The molecule has 0 N–H and O–H groups in total. The summed E-state index contributed by atoms with van der Waals surface area (Å²) in [7, 11) is 0. The first-order chi connectivity index (χ1) is 15.0. The van der Waals surface area contributed by atoms with Gasteiger partial charge in [-0.25, -0.2) is 0 Å². The quantitative estimate of drug-likeness (QED) is 0.476. The third kappa shape index (κ3) is 3.98. The van der Waals surface area contributed by atoms with Crippen LogP contribution in [0.4, 0.5) is 0 Å². The van der Waals surface area contributed by atoms with Gasteiger partial charge in [-0.15, -0.1) is 0 Å². The van der Waals surface area contributed by atoms with Crippen LogP contribution in [-0.4, -0.2) is 41.9 Å². The van der Waals surface area contributed by atoms with E-state index in [0.29, 0.717) is 33.1 Å². The van der Waals surface area contributed by atoms with Crippen molar-refractivity contribution in [2.24, 2.45) is 0 Å². The highest BCUT2D eigenvalue weighted by Gasteiger charge is 2.42. The van der Waals surface area contributed by atoms with Crippen LogP contribution < -0.4 is 5.43 Å². The van der Waals surface area contributed by atoms with E-state index < -0.39 is 6.04 Å². The molecule has 2 aromatic carbocycles. The average Bonchev–Trinajstić information content (AvgIpc) is 3.05. The molecule has 0 spiro atoms. The molecular formula is C24H24Cl2N2O3. The fraction of sp³-hybridized carbons (Fsp3) is 0.333. The van der Waals surface area contributed by atoms with E-state index in [1.54, 1.807) is 41.3 Å². The van der Waals surface area contributed by atoms with Crippen molar-refractivity contribution in [1.29, 1.82) is 0 Å². The Morgan fingerprint density at radius 3 is 2.48 bits per heavy atom. The maximum absolute atomic E-state index is 13.4. The Morgan fingerprint density at radius 2 is 1.77 bits per heavy atom. The number of carbonyl (C=O) groups excluding carboxylic acids is 1. The highest BCUT2D eigenvalue weighted by molar-refractivity contribution is 6.42. The number of rotatable bonds is 7. The molecule has 5 nitrogen and oxygen atoms in total. The van der Waals surface area contributed by atoms with Gasteiger partial charge in [0.15, 0.2) is 5.43 Å². The van der Waals surface area contributed by atoms with E-state index in [2.05, 4.69) is 18.7 Å². The van der Waals surface area contributed by atoms with Crippen molar-refractivity contribution in [2.45, 2.75) is 26.3 Å². The van der Waals surface area contributed by atoms with E-state index in [9.17, 15) is 9.59 Å². The molecule has 1 atom stereocenters. The third-order valence-corrected chi connectivity index (χ3v) is 6.64. The zero-order valence-corrected chi connectivity index (χ0v) is 19.0. The van der Waals surface area contributed by atoms with E-state index in [1.807, 2.05) is 6.07 Å². The second-order valence-electron chi connectivity index (χ2n) is 7.63. The maximum Gasteiger partial charge on any atom is 0.290 e. The molecule has 0 saturated carbocycles. The van der Waals surface area contributed by atoms with E-state index in [4.69, 9.17) is 27.6 Å². The maximum atomic E-state index is 13.4. The van der Waals surface area contributed by atoms with E-state index in [1.165, 1.54) is 0 Å². The first kappa shape index (κ1) is 21.9. The summed E-state index contributed by atoms with van der Waals surface area (Å²) in [5.74, 6) is -0.156. The Balaban J connectivity index is 1.80. The molecule has 1 aliphatic heterocycles. The minimum atomic E-state index is -0.560. The molecule has 0 saturated heterocycles. The predicted molar refractivity (Wildman–Crippen MR) is 124 cm³/mol. The first-order valence-electron chi connectivity index (χ1n) is 10.5. The van der Waals surface area contributed by atoms with Crippen LogP contribution in [0.1, 0.15) is 48.0 Å². The highest BCUT2D eigenvalue weighted by Crippen LogP contribution is 2.39. The lowest BCUT2D eigenvalue weighted by Gasteiger charge is -2.27. The summed E-state index contributed by atoms with van der Waals surface area (Å²) in [6, 6.07) is 11.7. The Bertz CT molecular complexity index is 1190. The molecular weight excluding hydrogens is 435 g/mol. The fourth-order valence-electron chi connectivity index (χ4n) is 4.23. The predicted octanol–water partition coefficient (Wildman–Crippen LogP) is 5.38. The third-order valence-electron chi connectivity index (χ3n) is 5.90. The monoisotopic (exact) mass is 458 g/mol. The van der Waals surface area contributed by atoms with Gasteiger partial charge in [-0.3, -0.25) is 9.59 Å². The van der Waals surface area contributed by atoms with Gasteiger partial charge in [0.2, 0.25) is 5.76 Å². The summed E-state index contributed by atoms with van der Waals surface area (Å²) in [5.41, 5.74) is 1.34. The molecule has 7 heteroatoms. The van der Waals surface area contributed by atoms with Crippen molar-refractivity contribution in [2.75, 3.05) is 26.2 Å². The Morgan fingerprint density at radius 1 is 1.03 bits per heavy atom. The van der Waals surface area contributed by atoms with Crippen molar-refractivity contribution in [1.82, 2.24) is 9.80 Å². The van der Waals surface area contributed by atoms with Gasteiger partial charge in [0.25, 0.3) is 5.91 Å². The van der Waals surface area contributed by atoms with Crippen molar-refractivity contribution < 1.29 is 9.21 Å². The molecule has 0 bridgehead atoms. The number of benzene rings is 2. The van der Waals surface area contributed by atoms with Gasteiger partial charge in [-0.05, 0) is 55.9 Å². The molecule has 1 amide bonds. The number of fused-ring (bicyclic) bond motifs is 2. The fourth-order valence-corrected chi connectivity index (χ4v) is 4.54. The second-order valence-corrected chi connectivity index (χ2v) is 8.44. The number of para-hydroxylation sites is 1. The van der Waals surface area contributed by atoms with Crippen molar-refractivity contribution in [3.63, 3.8) is 0 Å². The van der Waals surface area contributed by atoms with Gasteiger partial charge < -0.3 is 14.2 Å². The summed E-state index contributed by atoms with van der Waals surface area (Å²) in [4.78, 5) is 30.8. The molecule has 2 heterocycles. The van der Waals surface area contributed by atoms with Crippen LogP contribution in [0.2, 0.25) is 10.0 Å². The topological polar surface area (TPSA) is 53.8 Å². The molecule has 4 rings (SSSR count). The molecule has 1 aromatic heterocycles. The van der Waals surface area contributed by atoms with E-state index in [0.717, 1.165) is 31.6 Å². The van der Waals surface area contributed by atoms with Crippen molar-refractivity contribution >= 4 is 40.1 Å². The van der Waals surface area contributed by atoms with E-state index in [-0.39, 0.29) is 17.1 Å². The van der Waals surface area contributed by atoms with Crippen LogP contribution in [0.5, 0.6) is 0 Å². The molecule has 162 valence electrons. The normalized spacial score (nSPS) is 15.8. The van der Waals surface area contributed by atoms with Gasteiger partial charge in [-0.2, -0.15) is 0 Å². The van der Waals surface area contributed by atoms with Crippen molar-refractivity contribution in [3.8, 4) is 0 Å². The lowest BCUT2D eigenvalue weighted by Crippen LogP contribution is -2.33. The largest absolute Gasteiger partial charge is 0.450 e. The smallest absolute Gasteiger partial charge is 0.290 e. The van der Waals surface area contributed by atoms with Crippen LogP contribution in [0, 0.1) is 0 Å². The zero-order valence-electron chi connectivity index (χ0n) is 17.5. The van der Waals surface area contributed by atoms with Crippen LogP contribution in [0.25, 0.3) is 11.0 Å². The van der Waals surface area contributed by atoms with Gasteiger partial charge in [0.1, 0.15) is 5.58 Å². The van der Waals surface area contributed by atoms with Crippen molar-refractivity contribution in [3.05, 3.63) is 79.6 Å². The Kier molecular flexibility index (Phi) is 6.37. The summed E-state index contributed by atoms with van der Waals surface area (Å²) < 4.78 is 5.94. The summed E-state index contributed by atoms with van der Waals surface area (Å²) >= 11 is 12.4. The SMILES string of the molecule is CCN(CC)CCCN1C(=O)c2oc3ccccc3c(=O)c2[C@H]1c1ccc(Cl)c(Cl)c1. The number of amides is 1. The Labute approximate surface area is 191 Å². The van der Waals surface area contributed by atoms with Crippen LogP contribution >= 0.6 is 23.2 Å². The molecule has 0 fully saturated rings.